The van der Waals surface area contributed by atoms with Crippen LogP contribution < -0.4 is 0 Å². The first-order valence-electron chi connectivity index (χ1n) is 5.08. The minimum atomic E-state index is -0.265. The Morgan fingerprint density at radius 3 is 2.42 bits per heavy atom. The second kappa shape index (κ2) is 4.24. The molecule has 0 spiro atoms. The van der Waals surface area contributed by atoms with E-state index in [1.54, 1.807) is 0 Å². The summed E-state index contributed by atoms with van der Waals surface area (Å²) in [5.74, 6) is -0.265. The summed E-state index contributed by atoms with van der Waals surface area (Å²) in [6.07, 6.45) is 4.49. The first-order valence-corrected chi connectivity index (χ1v) is 5.08. The average Bonchev–Trinajstić information content (AvgIpc) is 2.18. The zero-order chi connectivity index (χ0) is 9.03. The Morgan fingerprint density at radius 1 is 1.25 bits per heavy atom. The van der Waals surface area contributed by atoms with Crippen molar-refractivity contribution >= 4 is 0 Å². The summed E-state index contributed by atoms with van der Waals surface area (Å²) >= 11 is 0. The Hall–Kier alpha value is -0.0800. The van der Waals surface area contributed by atoms with E-state index >= 15 is 0 Å². The zero-order valence-corrected chi connectivity index (χ0v) is 8.43. The van der Waals surface area contributed by atoms with Gasteiger partial charge in [-0.25, -0.2) is 0 Å². The normalized spacial score (nSPS) is 28.8. The first-order chi connectivity index (χ1) is 5.76. The van der Waals surface area contributed by atoms with Gasteiger partial charge in [0, 0.05) is 0 Å². The van der Waals surface area contributed by atoms with E-state index in [0.717, 1.165) is 32.3 Å². The molecule has 1 aliphatic rings. The maximum Gasteiger partial charge on any atom is 0.168 e. The Kier molecular flexibility index (Phi) is 3.53. The van der Waals surface area contributed by atoms with Gasteiger partial charge in [-0.1, -0.05) is 20.8 Å². The molecule has 0 aromatic heterocycles. The van der Waals surface area contributed by atoms with Gasteiger partial charge in [-0.3, -0.25) is 0 Å². The van der Waals surface area contributed by atoms with Crippen LogP contribution in [0.5, 0.6) is 0 Å². The lowest BCUT2D eigenvalue weighted by Crippen LogP contribution is -2.43. The van der Waals surface area contributed by atoms with Crippen molar-refractivity contribution in [3.05, 3.63) is 0 Å². The van der Waals surface area contributed by atoms with Crippen LogP contribution in [0.15, 0.2) is 0 Å². The van der Waals surface area contributed by atoms with E-state index in [1.807, 2.05) is 0 Å². The van der Waals surface area contributed by atoms with E-state index in [0.29, 0.717) is 6.10 Å². The van der Waals surface area contributed by atoms with Gasteiger partial charge in [0.25, 0.3) is 0 Å². The molecule has 1 aliphatic heterocycles. The molecule has 0 radical (unpaired) electrons. The topological polar surface area (TPSA) is 18.5 Å². The van der Waals surface area contributed by atoms with Gasteiger partial charge in [0.1, 0.15) is 0 Å². The molecule has 1 unspecified atom stereocenters. The van der Waals surface area contributed by atoms with Gasteiger partial charge in [-0.2, -0.15) is 0 Å². The molecule has 1 heterocycles. The molecule has 2 nitrogen and oxygen atoms in total. The molecule has 1 atom stereocenters. The highest BCUT2D eigenvalue weighted by atomic mass is 16.7. The van der Waals surface area contributed by atoms with Gasteiger partial charge in [0.2, 0.25) is 0 Å². The molecule has 0 aromatic rings. The molecule has 0 aliphatic carbocycles. The molecule has 2 heteroatoms. The molecule has 72 valence electrons. The molecule has 12 heavy (non-hydrogen) atoms. The van der Waals surface area contributed by atoms with Gasteiger partial charge in [-0.15, -0.1) is 0 Å². The average molecular weight is 172 g/mol. The van der Waals surface area contributed by atoms with Crippen molar-refractivity contribution in [1.29, 1.82) is 0 Å². The van der Waals surface area contributed by atoms with E-state index in [9.17, 15) is 0 Å². The molecular weight excluding hydrogens is 152 g/mol. The van der Waals surface area contributed by atoms with Gasteiger partial charge in [0.15, 0.2) is 5.79 Å². The third-order valence-corrected chi connectivity index (χ3v) is 2.72. The van der Waals surface area contributed by atoms with Gasteiger partial charge >= 0.3 is 0 Å². The number of hydrogen-bond donors (Lipinski definition) is 0. The van der Waals surface area contributed by atoms with Crippen molar-refractivity contribution in [2.45, 2.75) is 58.3 Å². The Morgan fingerprint density at radius 2 is 1.92 bits per heavy atom. The Balaban J connectivity index is 2.52. The van der Waals surface area contributed by atoms with Crippen LogP contribution in [0.1, 0.15) is 46.5 Å². The quantitative estimate of drug-likeness (QED) is 0.651. The zero-order valence-electron chi connectivity index (χ0n) is 8.43. The molecule has 1 rings (SSSR count). The largest absolute Gasteiger partial charge is 0.350 e. The van der Waals surface area contributed by atoms with Crippen molar-refractivity contribution in [2.75, 3.05) is 6.61 Å². The summed E-state index contributed by atoms with van der Waals surface area (Å²) < 4.78 is 11.6. The fraction of sp³-hybridized carbons (Fsp3) is 1.00. The minimum absolute atomic E-state index is 0.265. The maximum atomic E-state index is 5.90. The molecule has 0 saturated carbocycles. The van der Waals surface area contributed by atoms with Crippen molar-refractivity contribution in [3.8, 4) is 0 Å². The number of hydrogen-bond acceptors (Lipinski definition) is 2. The predicted octanol–water partition coefficient (Wildman–Crippen LogP) is 2.72. The lowest BCUT2D eigenvalue weighted by Gasteiger charge is -2.39. The molecule has 1 fully saturated rings. The molecule has 0 aromatic carbocycles. The Labute approximate surface area is 75.2 Å². The second-order valence-corrected chi connectivity index (χ2v) is 3.40. The van der Waals surface area contributed by atoms with Crippen LogP contribution in [-0.4, -0.2) is 18.5 Å². The van der Waals surface area contributed by atoms with E-state index < -0.39 is 0 Å². The van der Waals surface area contributed by atoms with Gasteiger partial charge < -0.3 is 9.47 Å². The summed E-state index contributed by atoms with van der Waals surface area (Å²) in [5, 5.41) is 0. The third-order valence-electron chi connectivity index (χ3n) is 2.72. The SMILES string of the molecule is CCC1CCOC(CC)(CC)O1. The van der Waals surface area contributed by atoms with Crippen LogP contribution in [0.2, 0.25) is 0 Å². The fourth-order valence-corrected chi connectivity index (χ4v) is 1.68. The smallest absolute Gasteiger partial charge is 0.168 e. The van der Waals surface area contributed by atoms with Crippen molar-refractivity contribution in [2.24, 2.45) is 0 Å². The van der Waals surface area contributed by atoms with Crippen molar-refractivity contribution < 1.29 is 9.47 Å². The highest BCUT2D eigenvalue weighted by Crippen LogP contribution is 2.30. The highest BCUT2D eigenvalue weighted by Gasteiger charge is 2.34. The predicted molar refractivity (Wildman–Crippen MR) is 49.0 cm³/mol. The molecule has 0 amide bonds. The number of rotatable bonds is 3. The van der Waals surface area contributed by atoms with Crippen molar-refractivity contribution in [3.63, 3.8) is 0 Å². The monoisotopic (exact) mass is 172 g/mol. The summed E-state index contributed by atoms with van der Waals surface area (Å²) in [4.78, 5) is 0. The second-order valence-electron chi connectivity index (χ2n) is 3.40. The fourth-order valence-electron chi connectivity index (χ4n) is 1.68. The van der Waals surface area contributed by atoms with Crippen LogP contribution in [0.25, 0.3) is 0 Å². The highest BCUT2D eigenvalue weighted by molar-refractivity contribution is 4.73. The van der Waals surface area contributed by atoms with E-state index in [4.69, 9.17) is 9.47 Å². The maximum absolute atomic E-state index is 5.90. The summed E-state index contributed by atoms with van der Waals surface area (Å²) in [6, 6.07) is 0. The van der Waals surface area contributed by atoms with Gasteiger partial charge in [0.05, 0.1) is 12.7 Å². The van der Waals surface area contributed by atoms with Crippen molar-refractivity contribution in [1.82, 2.24) is 0 Å². The van der Waals surface area contributed by atoms with Crippen LogP contribution in [0, 0.1) is 0 Å². The van der Waals surface area contributed by atoms with E-state index in [1.165, 1.54) is 0 Å². The van der Waals surface area contributed by atoms with Crippen LogP contribution >= 0.6 is 0 Å². The molecule has 1 saturated heterocycles. The lowest BCUT2D eigenvalue weighted by atomic mass is 10.1. The number of ether oxygens (including phenoxy) is 2. The van der Waals surface area contributed by atoms with Crippen LogP contribution in [0.3, 0.4) is 0 Å². The van der Waals surface area contributed by atoms with Crippen LogP contribution in [0.4, 0.5) is 0 Å². The lowest BCUT2D eigenvalue weighted by molar-refractivity contribution is -0.296. The Bertz CT molecular complexity index is 130. The summed E-state index contributed by atoms with van der Waals surface area (Å²) in [5.41, 5.74) is 0. The molecule has 0 N–H and O–H groups in total. The standard InChI is InChI=1S/C10H20O2/c1-4-9-7-8-11-10(5-2,6-3)12-9/h9H,4-8H2,1-3H3. The third kappa shape index (κ3) is 1.99. The molecular formula is C10H20O2. The summed E-state index contributed by atoms with van der Waals surface area (Å²) in [6.45, 7) is 7.29. The first kappa shape index (κ1) is 10.0. The summed E-state index contributed by atoms with van der Waals surface area (Å²) in [7, 11) is 0. The van der Waals surface area contributed by atoms with E-state index in [2.05, 4.69) is 20.8 Å². The van der Waals surface area contributed by atoms with E-state index in [-0.39, 0.29) is 5.79 Å². The van der Waals surface area contributed by atoms with Crippen LogP contribution in [-0.2, 0) is 9.47 Å². The van der Waals surface area contributed by atoms with Gasteiger partial charge in [-0.05, 0) is 25.7 Å². The molecule has 0 bridgehead atoms. The minimum Gasteiger partial charge on any atom is -0.350 e.